The molecule has 0 aromatic carbocycles. The van der Waals surface area contributed by atoms with Gasteiger partial charge in [0.2, 0.25) is 5.88 Å². The van der Waals surface area contributed by atoms with Gasteiger partial charge in [-0.15, -0.1) is 17.7 Å². The molecule has 4 nitrogen and oxygen atoms in total. The molecule has 0 fully saturated rings. The number of rotatable bonds is 4. The minimum absolute atomic E-state index is 0.421. The summed E-state index contributed by atoms with van der Waals surface area (Å²) in [5.41, 5.74) is 0.915. The Morgan fingerprint density at radius 1 is 1.64 bits per heavy atom. The van der Waals surface area contributed by atoms with Gasteiger partial charge < -0.3 is 9.84 Å². The first kappa shape index (κ1) is 11.4. The summed E-state index contributed by atoms with van der Waals surface area (Å²) in [6, 6.07) is 0. The van der Waals surface area contributed by atoms with E-state index in [9.17, 15) is 5.11 Å². The fraction of sp³-hybridized carbons (Fsp3) is 0.667. The molecule has 1 aromatic rings. The minimum Gasteiger partial charge on any atom is -0.476 e. The van der Waals surface area contributed by atoms with Gasteiger partial charge in [0.1, 0.15) is 0 Å². The van der Waals surface area contributed by atoms with Crippen molar-refractivity contribution in [1.29, 1.82) is 0 Å². The van der Waals surface area contributed by atoms with Gasteiger partial charge in [-0.25, -0.2) is 0 Å². The first-order chi connectivity index (χ1) is 6.56. The third kappa shape index (κ3) is 2.42. The van der Waals surface area contributed by atoms with Crippen molar-refractivity contribution in [3.8, 4) is 5.88 Å². The molecule has 1 rings (SSSR count). The summed E-state index contributed by atoms with van der Waals surface area (Å²) < 4.78 is 7.00. The number of aliphatic hydroxyl groups excluding tert-OH is 1. The van der Waals surface area contributed by atoms with Crippen LogP contribution in [0.3, 0.4) is 0 Å². The molecule has 0 radical (unpaired) electrons. The second-order valence-corrected chi connectivity index (χ2v) is 3.65. The van der Waals surface area contributed by atoms with Crippen LogP contribution in [0.4, 0.5) is 0 Å². The highest BCUT2D eigenvalue weighted by Gasteiger charge is 2.13. The first-order valence-electron chi connectivity index (χ1n) is 4.63. The lowest BCUT2D eigenvalue weighted by molar-refractivity contribution is 0.166. The topological polar surface area (TPSA) is 47.3 Å². The third-order valence-corrected chi connectivity index (χ3v) is 2.38. The van der Waals surface area contributed by atoms with Crippen LogP contribution in [0.25, 0.3) is 0 Å². The van der Waals surface area contributed by atoms with Crippen LogP contribution < -0.4 is 4.74 Å². The normalized spacial score (nSPS) is 12.9. The highest BCUT2D eigenvalue weighted by Crippen LogP contribution is 2.24. The first-order valence-corrected chi connectivity index (χ1v) is 5.08. The van der Waals surface area contributed by atoms with Gasteiger partial charge in [-0.3, -0.25) is 4.68 Å². The molecule has 0 amide bonds. The molecule has 1 aromatic heterocycles. The average Bonchev–Trinajstić information content (AvgIpc) is 2.34. The number of ether oxygens (including phenoxy) is 1. The van der Waals surface area contributed by atoms with Gasteiger partial charge in [0.05, 0.1) is 29.8 Å². The SMILES string of the molecule is CCOc1nn(C[C@H](C)O)c(C)c1S. The van der Waals surface area contributed by atoms with Crippen LogP contribution in [-0.4, -0.2) is 27.6 Å². The Balaban J connectivity index is 2.90. The van der Waals surface area contributed by atoms with E-state index in [4.69, 9.17) is 4.74 Å². The van der Waals surface area contributed by atoms with E-state index >= 15 is 0 Å². The minimum atomic E-state index is -0.421. The van der Waals surface area contributed by atoms with Crippen LogP contribution in [0.1, 0.15) is 19.5 Å². The van der Waals surface area contributed by atoms with Crippen LogP contribution in [0, 0.1) is 6.92 Å². The molecule has 0 spiro atoms. The maximum atomic E-state index is 9.23. The zero-order valence-corrected chi connectivity index (χ0v) is 9.58. The molecule has 0 unspecified atom stereocenters. The lowest BCUT2D eigenvalue weighted by Gasteiger charge is -2.05. The van der Waals surface area contributed by atoms with E-state index in [2.05, 4.69) is 17.7 Å². The van der Waals surface area contributed by atoms with E-state index in [0.29, 0.717) is 19.0 Å². The molecule has 1 atom stereocenters. The van der Waals surface area contributed by atoms with Gasteiger partial charge in [0.25, 0.3) is 0 Å². The van der Waals surface area contributed by atoms with Crippen molar-refractivity contribution >= 4 is 12.6 Å². The number of nitrogens with zero attached hydrogens (tertiary/aromatic N) is 2. The van der Waals surface area contributed by atoms with Crippen LogP contribution in [0.5, 0.6) is 5.88 Å². The predicted molar refractivity (Wildman–Crippen MR) is 57.1 cm³/mol. The number of aromatic nitrogens is 2. The van der Waals surface area contributed by atoms with Crippen molar-refractivity contribution in [3.05, 3.63) is 5.69 Å². The quantitative estimate of drug-likeness (QED) is 0.745. The molecule has 14 heavy (non-hydrogen) atoms. The van der Waals surface area contributed by atoms with Gasteiger partial charge in [-0.05, 0) is 20.8 Å². The van der Waals surface area contributed by atoms with Crippen LogP contribution in [-0.2, 0) is 6.54 Å². The van der Waals surface area contributed by atoms with Crippen molar-refractivity contribution in [1.82, 2.24) is 9.78 Å². The van der Waals surface area contributed by atoms with Crippen molar-refractivity contribution in [2.24, 2.45) is 0 Å². The Hall–Kier alpha value is -0.680. The van der Waals surface area contributed by atoms with Gasteiger partial charge in [-0.2, -0.15) is 0 Å². The Kier molecular flexibility index (Phi) is 3.83. The van der Waals surface area contributed by atoms with E-state index in [-0.39, 0.29) is 0 Å². The lowest BCUT2D eigenvalue weighted by Crippen LogP contribution is -2.14. The Labute approximate surface area is 89.3 Å². The van der Waals surface area contributed by atoms with Gasteiger partial charge in [-0.1, -0.05) is 0 Å². The number of hydrogen-bond acceptors (Lipinski definition) is 4. The summed E-state index contributed by atoms with van der Waals surface area (Å²) >= 11 is 4.30. The largest absolute Gasteiger partial charge is 0.476 e. The molecule has 1 heterocycles. The van der Waals surface area contributed by atoms with E-state index in [0.717, 1.165) is 10.6 Å². The highest BCUT2D eigenvalue weighted by molar-refractivity contribution is 7.80. The van der Waals surface area contributed by atoms with Crippen LogP contribution >= 0.6 is 12.6 Å². The van der Waals surface area contributed by atoms with Gasteiger partial charge in [0.15, 0.2) is 0 Å². The van der Waals surface area contributed by atoms with E-state index in [1.165, 1.54) is 0 Å². The Morgan fingerprint density at radius 2 is 2.29 bits per heavy atom. The van der Waals surface area contributed by atoms with E-state index < -0.39 is 6.10 Å². The zero-order valence-electron chi connectivity index (χ0n) is 8.69. The molecular formula is C9H16N2O2S. The number of thiol groups is 1. The summed E-state index contributed by atoms with van der Waals surface area (Å²) in [5, 5.41) is 13.4. The van der Waals surface area contributed by atoms with Crippen molar-refractivity contribution in [2.75, 3.05) is 6.61 Å². The summed E-state index contributed by atoms with van der Waals surface area (Å²) in [5.74, 6) is 0.536. The second-order valence-electron chi connectivity index (χ2n) is 3.20. The molecule has 0 bridgehead atoms. The fourth-order valence-corrected chi connectivity index (χ4v) is 1.40. The maximum absolute atomic E-state index is 9.23. The molecular weight excluding hydrogens is 200 g/mol. The summed E-state index contributed by atoms with van der Waals surface area (Å²) in [7, 11) is 0. The van der Waals surface area contributed by atoms with Gasteiger partial charge >= 0.3 is 0 Å². The molecule has 0 saturated carbocycles. The predicted octanol–water partition coefficient (Wildman–Crippen LogP) is 1.26. The van der Waals surface area contributed by atoms with Crippen LogP contribution in [0.15, 0.2) is 4.90 Å². The molecule has 0 saturated heterocycles. The zero-order chi connectivity index (χ0) is 10.7. The Morgan fingerprint density at radius 3 is 2.79 bits per heavy atom. The van der Waals surface area contributed by atoms with Crippen molar-refractivity contribution in [2.45, 2.75) is 38.3 Å². The van der Waals surface area contributed by atoms with E-state index in [1.54, 1.807) is 11.6 Å². The summed E-state index contributed by atoms with van der Waals surface area (Å²) in [4.78, 5) is 0.743. The smallest absolute Gasteiger partial charge is 0.246 e. The summed E-state index contributed by atoms with van der Waals surface area (Å²) in [6.07, 6.45) is -0.421. The lowest BCUT2D eigenvalue weighted by atomic mass is 10.4. The molecule has 80 valence electrons. The second kappa shape index (κ2) is 4.70. The monoisotopic (exact) mass is 216 g/mol. The van der Waals surface area contributed by atoms with Crippen LogP contribution in [0.2, 0.25) is 0 Å². The maximum Gasteiger partial charge on any atom is 0.246 e. The molecule has 5 heteroatoms. The molecule has 0 aliphatic heterocycles. The van der Waals surface area contributed by atoms with Crippen molar-refractivity contribution < 1.29 is 9.84 Å². The Bertz CT molecular complexity index is 310. The number of hydrogen-bond donors (Lipinski definition) is 2. The van der Waals surface area contributed by atoms with Crippen molar-refractivity contribution in [3.63, 3.8) is 0 Å². The molecule has 1 N–H and O–H groups in total. The standard InChI is InChI=1S/C9H16N2O2S/c1-4-13-9-8(14)7(3)11(10-9)5-6(2)12/h6,12,14H,4-5H2,1-3H3/t6-/m0/s1. The van der Waals surface area contributed by atoms with Gasteiger partial charge in [0, 0.05) is 0 Å². The third-order valence-electron chi connectivity index (χ3n) is 1.86. The fourth-order valence-electron chi connectivity index (χ4n) is 1.17. The van der Waals surface area contributed by atoms with E-state index in [1.807, 2.05) is 13.8 Å². The average molecular weight is 216 g/mol. The highest BCUT2D eigenvalue weighted by atomic mass is 32.1. The molecule has 0 aliphatic carbocycles. The molecule has 0 aliphatic rings. The number of aliphatic hydroxyl groups is 1. The summed E-state index contributed by atoms with van der Waals surface area (Å²) in [6.45, 7) is 6.56.